The average molecular weight is 392 g/mol. The van der Waals surface area contributed by atoms with Crippen LogP contribution in [0.15, 0.2) is 24.3 Å². The van der Waals surface area contributed by atoms with E-state index in [9.17, 15) is 4.79 Å². The summed E-state index contributed by atoms with van der Waals surface area (Å²) in [6.45, 7) is 5.45. The van der Waals surface area contributed by atoms with Gasteiger partial charge in [0.15, 0.2) is 0 Å². The molecule has 28 heavy (non-hydrogen) atoms. The molecule has 6 heteroatoms. The number of ether oxygens (including phenoxy) is 4. The lowest BCUT2D eigenvalue weighted by molar-refractivity contribution is -0.235. The van der Waals surface area contributed by atoms with Gasteiger partial charge in [0.2, 0.25) is 5.79 Å². The normalized spacial score (nSPS) is 18.8. The highest BCUT2D eigenvalue weighted by atomic mass is 16.7. The summed E-state index contributed by atoms with van der Waals surface area (Å²) < 4.78 is 22.3. The molecule has 1 aliphatic carbocycles. The zero-order chi connectivity index (χ0) is 20.0. The minimum Gasteiger partial charge on any atom is -0.488 e. The Morgan fingerprint density at radius 3 is 2.25 bits per heavy atom. The van der Waals surface area contributed by atoms with E-state index in [0.29, 0.717) is 19.1 Å². The van der Waals surface area contributed by atoms with Crippen molar-refractivity contribution in [3.63, 3.8) is 0 Å². The lowest BCUT2D eigenvalue weighted by atomic mass is 9.96. The molecule has 0 atom stereocenters. The number of hydrogen-bond acceptors (Lipinski definition) is 6. The molecule has 1 saturated heterocycles. The molecule has 2 fully saturated rings. The van der Waals surface area contributed by atoms with Crippen molar-refractivity contribution >= 4 is 5.97 Å². The van der Waals surface area contributed by atoms with E-state index in [1.165, 1.54) is 5.56 Å². The molecule has 1 aliphatic heterocycles. The molecule has 1 aromatic rings. The molecule has 0 bridgehead atoms. The number of esters is 1. The predicted octanol–water partition coefficient (Wildman–Crippen LogP) is 3.24. The monoisotopic (exact) mass is 391 g/mol. The van der Waals surface area contributed by atoms with Crippen molar-refractivity contribution < 1.29 is 23.7 Å². The highest BCUT2D eigenvalue weighted by Crippen LogP contribution is 2.42. The summed E-state index contributed by atoms with van der Waals surface area (Å²) in [7, 11) is 3.36. The lowest BCUT2D eigenvalue weighted by Gasteiger charge is -2.31. The highest BCUT2D eigenvalue weighted by Gasteiger charge is 2.47. The SMILES string of the molecule is CCOC(=O)C1CCN(Cc2ccc(OCC(OC)(OC)C3CC3)cc2)CC1. The van der Waals surface area contributed by atoms with Crippen LogP contribution in [-0.2, 0) is 25.5 Å². The molecular formula is C22H33NO5. The maximum Gasteiger partial charge on any atom is 0.309 e. The first-order chi connectivity index (χ1) is 13.6. The Kier molecular flexibility index (Phi) is 7.32. The van der Waals surface area contributed by atoms with E-state index in [4.69, 9.17) is 18.9 Å². The number of carbonyl (C=O) groups is 1. The predicted molar refractivity (Wildman–Crippen MR) is 106 cm³/mol. The molecule has 0 spiro atoms. The zero-order valence-corrected chi connectivity index (χ0v) is 17.3. The quantitative estimate of drug-likeness (QED) is 0.451. The first kappa shape index (κ1) is 21.1. The molecule has 6 nitrogen and oxygen atoms in total. The Morgan fingerprint density at radius 1 is 1.07 bits per heavy atom. The number of nitrogens with zero attached hydrogens (tertiary/aromatic N) is 1. The number of rotatable bonds is 10. The van der Waals surface area contributed by atoms with Gasteiger partial charge in [-0.2, -0.15) is 0 Å². The molecule has 0 unspecified atom stereocenters. The van der Waals surface area contributed by atoms with Crippen LogP contribution in [0, 0.1) is 11.8 Å². The van der Waals surface area contributed by atoms with Crippen molar-refractivity contribution in [2.75, 3.05) is 40.5 Å². The third kappa shape index (κ3) is 5.25. The lowest BCUT2D eigenvalue weighted by Crippen LogP contribution is -2.42. The van der Waals surface area contributed by atoms with E-state index >= 15 is 0 Å². The summed E-state index contributed by atoms with van der Waals surface area (Å²) in [5, 5.41) is 0. The van der Waals surface area contributed by atoms with Gasteiger partial charge in [-0.05, 0) is 63.4 Å². The van der Waals surface area contributed by atoms with Crippen molar-refractivity contribution in [3.05, 3.63) is 29.8 Å². The van der Waals surface area contributed by atoms with Crippen LogP contribution in [0.5, 0.6) is 5.75 Å². The number of piperidine rings is 1. The minimum absolute atomic E-state index is 0.0435. The van der Waals surface area contributed by atoms with Gasteiger partial charge in [0, 0.05) is 26.7 Å². The van der Waals surface area contributed by atoms with Crippen molar-refractivity contribution in [1.29, 1.82) is 0 Å². The van der Waals surface area contributed by atoms with Crippen LogP contribution in [0.1, 0.15) is 38.2 Å². The number of likely N-dealkylation sites (tertiary alicyclic amines) is 1. The van der Waals surface area contributed by atoms with Crippen LogP contribution in [0.4, 0.5) is 0 Å². The van der Waals surface area contributed by atoms with Crippen molar-refractivity contribution in [1.82, 2.24) is 4.90 Å². The number of methoxy groups -OCH3 is 2. The second kappa shape index (κ2) is 9.72. The van der Waals surface area contributed by atoms with E-state index < -0.39 is 5.79 Å². The van der Waals surface area contributed by atoms with Gasteiger partial charge in [-0.25, -0.2) is 0 Å². The molecule has 3 rings (SSSR count). The Hall–Kier alpha value is -1.63. The number of hydrogen-bond donors (Lipinski definition) is 0. The first-order valence-corrected chi connectivity index (χ1v) is 10.3. The second-order valence-corrected chi connectivity index (χ2v) is 7.73. The van der Waals surface area contributed by atoms with Gasteiger partial charge in [0.1, 0.15) is 12.4 Å². The topological polar surface area (TPSA) is 57.2 Å². The van der Waals surface area contributed by atoms with E-state index in [1.54, 1.807) is 14.2 Å². The first-order valence-electron chi connectivity index (χ1n) is 10.3. The van der Waals surface area contributed by atoms with Gasteiger partial charge in [-0.15, -0.1) is 0 Å². The summed E-state index contributed by atoms with van der Waals surface area (Å²) in [4.78, 5) is 14.2. The van der Waals surface area contributed by atoms with E-state index in [1.807, 2.05) is 19.1 Å². The average Bonchev–Trinajstić information content (AvgIpc) is 3.57. The van der Waals surface area contributed by atoms with Gasteiger partial charge < -0.3 is 18.9 Å². The number of benzene rings is 1. The standard InChI is InChI=1S/C22H33NO5/c1-4-27-21(24)18-11-13-23(14-12-18)15-17-5-9-20(10-6-17)28-16-22(25-2,26-3)19-7-8-19/h5-6,9-10,18-19H,4,7-8,11-16H2,1-3H3. The molecule has 0 radical (unpaired) electrons. The van der Waals surface area contributed by atoms with E-state index in [-0.39, 0.29) is 11.9 Å². The van der Waals surface area contributed by atoms with Crippen LogP contribution in [0.25, 0.3) is 0 Å². The Bertz CT molecular complexity index is 616. The summed E-state index contributed by atoms with van der Waals surface area (Å²) in [5.41, 5.74) is 1.24. The summed E-state index contributed by atoms with van der Waals surface area (Å²) >= 11 is 0. The van der Waals surface area contributed by atoms with Crippen LogP contribution in [0.2, 0.25) is 0 Å². The molecule has 0 N–H and O–H groups in total. The maximum absolute atomic E-state index is 11.8. The summed E-state index contributed by atoms with van der Waals surface area (Å²) in [6.07, 6.45) is 3.99. The van der Waals surface area contributed by atoms with Gasteiger partial charge in [-0.1, -0.05) is 12.1 Å². The van der Waals surface area contributed by atoms with Crippen molar-refractivity contribution in [3.8, 4) is 5.75 Å². The molecule has 0 amide bonds. The van der Waals surface area contributed by atoms with Crippen LogP contribution in [0.3, 0.4) is 0 Å². The third-order valence-electron chi connectivity index (χ3n) is 5.87. The van der Waals surface area contributed by atoms with Gasteiger partial charge in [-0.3, -0.25) is 9.69 Å². The third-order valence-corrected chi connectivity index (χ3v) is 5.87. The highest BCUT2D eigenvalue weighted by molar-refractivity contribution is 5.72. The van der Waals surface area contributed by atoms with Gasteiger partial charge >= 0.3 is 5.97 Å². The van der Waals surface area contributed by atoms with Crippen molar-refractivity contribution in [2.24, 2.45) is 11.8 Å². The van der Waals surface area contributed by atoms with Gasteiger partial charge in [0.05, 0.1) is 12.5 Å². The molecule has 0 aromatic heterocycles. The van der Waals surface area contributed by atoms with Crippen LogP contribution >= 0.6 is 0 Å². The maximum atomic E-state index is 11.8. The largest absolute Gasteiger partial charge is 0.488 e. The van der Waals surface area contributed by atoms with Gasteiger partial charge in [0.25, 0.3) is 0 Å². The van der Waals surface area contributed by atoms with Crippen LogP contribution in [-0.4, -0.2) is 57.2 Å². The summed E-state index contributed by atoms with van der Waals surface area (Å²) in [5.74, 6) is 0.614. The van der Waals surface area contributed by atoms with Crippen LogP contribution < -0.4 is 4.74 Å². The van der Waals surface area contributed by atoms with E-state index in [2.05, 4.69) is 17.0 Å². The fraction of sp³-hybridized carbons (Fsp3) is 0.682. The smallest absolute Gasteiger partial charge is 0.309 e. The van der Waals surface area contributed by atoms with E-state index in [0.717, 1.165) is 51.1 Å². The fourth-order valence-corrected chi connectivity index (χ4v) is 3.90. The molecule has 1 aromatic carbocycles. The Labute approximate surface area is 168 Å². The molecule has 156 valence electrons. The zero-order valence-electron chi connectivity index (χ0n) is 17.3. The fourth-order valence-electron chi connectivity index (χ4n) is 3.90. The molecule has 2 aliphatic rings. The molecule has 1 heterocycles. The van der Waals surface area contributed by atoms with Crippen molar-refractivity contribution in [2.45, 2.75) is 44.9 Å². The Balaban J connectivity index is 1.45. The second-order valence-electron chi connectivity index (χ2n) is 7.73. The summed E-state index contributed by atoms with van der Waals surface area (Å²) in [6, 6.07) is 8.21. The minimum atomic E-state index is -0.637. The Morgan fingerprint density at radius 2 is 1.71 bits per heavy atom. The molecular weight excluding hydrogens is 358 g/mol. The number of carbonyl (C=O) groups excluding carboxylic acids is 1. The molecule has 1 saturated carbocycles.